The minimum Gasteiger partial charge on any atom is -0.266 e. The van der Waals surface area contributed by atoms with Gasteiger partial charge in [-0.2, -0.15) is 5.10 Å². The molecule has 0 saturated carbocycles. The van der Waals surface area contributed by atoms with Gasteiger partial charge in [-0.25, -0.2) is 0 Å². The summed E-state index contributed by atoms with van der Waals surface area (Å²) < 4.78 is 1.94. The minimum absolute atomic E-state index is 0.491. The van der Waals surface area contributed by atoms with E-state index in [0.29, 0.717) is 5.92 Å². The monoisotopic (exact) mass is 217 g/mol. The number of rotatable bonds is 2. The molecule has 2 aromatic heterocycles. The zero-order chi connectivity index (χ0) is 11.9. The van der Waals surface area contributed by atoms with Crippen LogP contribution in [0.1, 0.15) is 43.6 Å². The highest BCUT2D eigenvalue weighted by molar-refractivity contribution is 5.85. The third kappa shape index (κ3) is 1.51. The molecule has 0 aliphatic rings. The Morgan fingerprint density at radius 1 is 1.38 bits per heavy atom. The van der Waals surface area contributed by atoms with Crippen molar-refractivity contribution in [3.05, 3.63) is 23.1 Å². The summed E-state index contributed by atoms with van der Waals surface area (Å²) >= 11 is 0. The summed E-state index contributed by atoms with van der Waals surface area (Å²) in [5.41, 5.74) is 4.82. The van der Waals surface area contributed by atoms with Crippen LogP contribution in [0.2, 0.25) is 0 Å². The predicted octanol–water partition coefficient (Wildman–Crippen LogP) is 2.96. The summed E-state index contributed by atoms with van der Waals surface area (Å²) in [6.07, 6.45) is 2.92. The van der Waals surface area contributed by atoms with E-state index in [1.807, 2.05) is 17.9 Å². The fourth-order valence-corrected chi connectivity index (χ4v) is 2.46. The van der Waals surface area contributed by atoms with Crippen molar-refractivity contribution in [3.8, 4) is 0 Å². The number of nitrogens with zero attached hydrogens (tertiary/aromatic N) is 3. The third-order valence-electron chi connectivity index (χ3n) is 3.11. The van der Waals surface area contributed by atoms with Crippen LogP contribution in [0.15, 0.2) is 6.20 Å². The Hall–Kier alpha value is -1.38. The molecule has 0 saturated heterocycles. The molecule has 0 aromatic carbocycles. The van der Waals surface area contributed by atoms with Gasteiger partial charge in [0.05, 0.1) is 17.4 Å². The summed E-state index contributed by atoms with van der Waals surface area (Å²) in [6.45, 7) is 8.66. The highest BCUT2D eigenvalue weighted by Gasteiger charge is 2.15. The van der Waals surface area contributed by atoms with E-state index in [9.17, 15) is 0 Å². The smallest absolute Gasteiger partial charge is 0.0897 e. The van der Waals surface area contributed by atoms with E-state index in [0.717, 1.165) is 17.8 Å². The molecule has 2 aromatic rings. The van der Waals surface area contributed by atoms with Crippen molar-refractivity contribution in [3.63, 3.8) is 0 Å². The molecule has 86 valence electrons. The summed E-state index contributed by atoms with van der Waals surface area (Å²) in [7, 11) is 1.99. The second-order valence-electron chi connectivity index (χ2n) is 4.60. The van der Waals surface area contributed by atoms with E-state index in [2.05, 4.69) is 32.8 Å². The molecule has 3 nitrogen and oxygen atoms in total. The van der Waals surface area contributed by atoms with Gasteiger partial charge in [0.2, 0.25) is 0 Å². The molecular weight excluding hydrogens is 198 g/mol. The molecule has 2 heterocycles. The highest BCUT2D eigenvalue weighted by Crippen LogP contribution is 2.29. The standard InChI is InChI=1S/C13H19N3/c1-6-11-13-10(7-14-16(13)5)12(8(2)3)9(4)15-11/h7-8H,6H2,1-5H3. The lowest BCUT2D eigenvalue weighted by atomic mass is 9.97. The Bertz CT molecular complexity index is 523. The lowest BCUT2D eigenvalue weighted by molar-refractivity contribution is 0.785. The van der Waals surface area contributed by atoms with Gasteiger partial charge in [0, 0.05) is 18.1 Å². The van der Waals surface area contributed by atoms with Gasteiger partial charge in [0.15, 0.2) is 0 Å². The third-order valence-corrected chi connectivity index (χ3v) is 3.11. The van der Waals surface area contributed by atoms with Crippen LogP contribution < -0.4 is 0 Å². The summed E-state index contributed by atoms with van der Waals surface area (Å²) in [5, 5.41) is 5.63. The van der Waals surface area contributed by atoms with Crippen LogP contribution in [0.3, 0.4) is 0 Å². The van der Waals surface area contributed by atoms with E-state index >= 15 is 0 Å². The van der Waals surface area contributed by atoms with E-state index in [4.69, 9.17) is 4.98 Å². The van der Waals surface area contributed by atoms with Gasteiger partial charge < -0.3 is 0 Å². The fourth-order valence-electron chi connectivity index (χ4n) is 2.46. The SMILES string of the molecule is CCc1nc(C)c(C(C)C)c2cnn(C)c12. The van der Waals surface area contributed by atoms with Gasteiger partial charge in [0.1, 0.15) is 0 Å². The van der Waals surface area contributed by atoms with Crippen LogP contribution in [0.25, 0.3) is 10.9 Å². The molecule has 0 aliphatic heterocycles. The average Bonchev–Trinajstić information content (AvgIpc) is 2.59. The molecule has 0 amide bonds. The maximum absolute atomic E-state index is 4.71. The molecule has 3 heteroatoms. The van der Waals surface area contributed by atoms with Crippen molar-refractivity contribution in [2.24, 2.45) is 7.05 Å². The second-order valence-corrected chi connectivity index (χ2v) is 4.60. The van der Waals surface area contributed by atoms with Crippen molar-refractivity contribution in [1.82, 2.24) is 14.8 Å². The number of hydrogen-bond acceptors (Lipinski definition) is 2. The van der Waals surface area contributed by atoms with Crippen LogP contribution in [0.5, 0.6) is 0 Å². The van der Waals surface area contributed by atoms with Crippen LogP contribution >= 0.6 is 0 Å². The number of pyridine rings is 1. The van der Waals surface area contributed by atoms with E-state index in [1.54, 1.807) is 0 Å². The van der Waals surface area contributed by atoms with Crippen molar-refractivity contribution in [1.29, 1.82) is 0 Å². The van der Waals surface area contributed by atoms with Crippen molar-refractivity contribution >= 4 is 10.9 Å². The van der Waals surface area contributed by atoms with Gasteiger partial charge >= 0.3 is 0 Å². The largest absolute Gasteiger partial charge is 0.266 e. The Labute approximate surface area is 96.5 Å². The Morgan fingerprint density at radius 3 is 2.62 bits per heavy atom. The molecule has 0 bridgehead atoms. The van der Waals surface area contributed by atoms with Crippen molar-refractivity contribution in [2.75, 3.05) is 0 Å². The van der Waals surface area contributed by atoms with Crippen LogP contribution in [-0.2, 0) is 13.5 Å². The molecule has 16 heavy (non-hydrogen) atoms. The lowest BCUT2D eigenvalue weighted by Crippen LogP contribution is -2.03. The molecule has 0 unspecified atom stereocenters. The average molecular weight is 217 g/mol. The number of aromatic nitrogens is 3. The summed E-state index contributed by atoms with van der Waals surface area (Å²) in [5.74, 6) is 0.491. The highest BCUT2D eigenvalue weighted by atomic mass is 15.3. The topological polar surface area (TPSA) is 30.7 Å². The maximum atomic E-state index is 4.71. The van der Waals surface area contributed by atoms with E-state index in [-0.39, 0.29) is 0 Å². The van der Waals surface area contributed by atoms with E-state index < -0.39 is 0 Å². The van der Waals surface area contributed by atoms with Gasteiger partial charge in [-0.05, 0) is 24.8 Å². The predicted molar refractivity (Wildman–Crippen MR) is 66.7 cm³/mol. The molecule has 0 fully saturated rings. The zero-order valence-corrected chi connectivity index (χ0v) is 10.7. The number of fused-ring (bicyclic) bond motifs is 1. The van der Waals surface area contributed by atoms with Crippen LogP contribution in [-0.4, -0.2) is 14.8 Å². The quantitative estimate of drug-likeness (QED) is 0.774. The Balaban J connectivity index is 2.88. The van der Waals surface area contributed by atoms with Crippen LogP contribution in [0.4, 0.5) is 0 Å². The first-order valence-corrected chi connectivity index (χ1v) is 5.87. The Kier molecular flexibility index (Phi) is 2.70. The van der Waals surface area contributed by atoms with Crippen molar-refractivity contribution < 1.29 is 0 Å². The summed E-state index contributed by atoms with van der Waals surface area (Å²) in [6, 6.07) is 0. The number of aryl methyl sites for hydroxylation is 3. The fraction of sp³-hybridized carbons (Fsp3) is 0.538. The van der Waals surface area contributed by atoms with Crippen molar-refractivity contribution in [2.45, 2.75) is 40.0 Å². The first-order chi connectivity index (χ1) is 7.56. The van der Waals surface area contributed by atoms with Gasteiger partial charge in [-0.3, -0.25) is 9.67 Å². The first-order valence-electron chi connectivity index (χ1n) is 5.87. The second kappa shape index (κ2) is 3.89. The molecular formula is C13H19N3. The van der Waals surface area contributed by atoms with Gasteiger partial charge in [-0.15, -0.1) is 0 Å². The zero-order valence-electron chi connectivity index (χ0n) is 10.7. The molecule has 0 spiro atoms. The van der Waals surface area contributed by atoms with E-state index in [1.165, 1.54) is 16.5 Å². The lowest BCUT2D eigenvalue weighted by Gasteiger charge is -2.13. The number of hydrogen-bond donors (Lipinski definition) is 0. The molecule has 2 rings (SSSR count). The molecule has 0 N–H and O–H groups in total. The Morgan fingerprint density at radius 2 is 2.06 bits per heavy atom. The van der Waals surface area contributed by atoms with Gasteiger partial charge in [-0.1, -0.05) is 20.8 Å². The molecule has 0 radical (unpaired) electrons. The molecule has 0 atom stereocenters. The maximum Gasteiger partial charge on any atom is 0.0897 e. The normalized spacial score (nSPS) is 11.6. The summed E-state index contributed by atoms with van der Waals surface area (Å²) in [4.78, 5) is 4.71. The minimum atomic E-state index is 0.491. The first kappa shape index (κ1) is 11.1. The molecule has 0 aliphatic carbocycles. The van der Waals surface area contributed by atoms with Crippen LogP contribution in [0, 0.1) is 6.92 Å². The van der Waals surface area contributed by atoms with Gasteiger partial charge in [0.25, 0.3) is 0 Å².